The number of nitriles is 1. The molecule has 30 heavy (non-hydrogen) atoms. The molecule has 0 aliphatic rings. The topological polar surface area (TPSA) is 90.6 Å². The van der Waals surface area contributed by atoms with Crippen molar-refractivity contribution in [3.8, 4) is 6.07 Å². The number of carbonyl (C=O) groups excluding carboxylic acids is 2. The van der Waals surface area contributed by atoms with E-state index in [4.69, 9.17) is 10.00 Å². The van der Waals surface area contributed by atoms with E-state index in [1.54, 1.807) is 0 Å². The van der Waals surface area contributed by atoms with E-state index in [2.05, 4.69) is 13.8 Å². The van der Waals surface area contributed by atoms with Crippen LogP contribution in [0.25, 0.3) is 0 Å². The van der Waals surface area contributed by atoms with Crippen molar-refractivity contribution in [1.29, 1.82) is 5.26 Å². The summed E-state index contributed by atoms with van der Waals surface area (Å²) < 4.78 is 43.5. The molecule has 2 unspecified atom stereocenters. The second-order valence-corrected chi connectivity index (χ2v) is 7.03. The lowest BCUT2D eigenvalue weighted by atomic mass is 9.85. The standard InChI is InChI=1S/C11H7F3N2O2.C10H22O2/c1-7(18)16(6-17)9-3-2-8(5-15)10(4-9)11(12,13)14;1-6-9(11)10(5,8(3)4)12-7-2/h2-4,6H,1H3;8-9,11H,6-7H2,1-5H3. The molecule has 0 fully saturated rings. The number of anilines is 1. The fourth-order valence-corrected chi connectivity index (χ4v) is 2.69. The van der Waals surface area contributed by atoms with Crippen LogP contribution in [0, 0.1) is 17.2 Å². The molecule has 0 saturated heterocycles. The van der Waals surface area contributed by atoms with Gasteiger partial charge in [-0.1, -0.05) is 20.8 Å². The summed E-state index contributed by atoms with van der Waals surface area (Å²) in [4.78, 5) is 22.2. The SMILES string of the molecule is CC(=O)N(C=O)c1ccc(C#N)c(C(F)(F)F)c1.CCOC(C)(C(C)C)C(O)CC. The lowest BCUT2D eigenvalue weighted by Crippen LogP contribution is -2.46. The highest BCUT2D eigenvalue weighted by Gasteiger charge is 2.36. The maximum atomic E-state index is 12.6. The Morgan fingerprint density at radius 3 is 2.23 bits per heavy atom. The average molecular weight is 430 g/mol. The van der Waals surface area contributed by atoms with Crippen LogP contribution in [-0.4, -0.2) is 35.7 Å². The van der Waals surface area contributed by atoms with Crippen molar-refractivity contribution in [2.45, 2.75) is 65.8 Å². The molecule has 1 N–H and O–H groups in total. The zero-order valence-corrected chi connectivity index (χ0v) is 18.1. The molecule has 0 aliphatic carbocycles. The van der Waals surface area contributed by atoms with Crippen LogP contribution in [0.1, 0.15) is 59.1 Å². The zero-order chi connectivity index (χ0) is 23.7. The number of aliphatic hydroxyl groups excluding tert-OH is 1. The molecule has 1 rings (SSSR count). The number of alkyl halides is 3. The molecular weight excluding hydrogens is 401 g/mol. The summed E-state index contributed by atoms with van der Waals surface area (Å²) in [6.07, 6.45) is -4.23. The second-order valence-electron chi connectivity index (χ2n) is 7.03. The van der Waals surface area contributed by atoms with Crippen molar-refractivity contribution >= 4 is 18.0 Å². The normalized spacial score (nSPS) is 14.1. The number of halogens is 3. The summed E-state index contributed by atoms with van der Waals surface area (Å²) in [6.45, 7) is 11.8. The van der Waals surface area contributed by atoms with E-state index < -0.39 is 23.2 Å². The average Bonchev–Trinajstić information content (AvgIpc) is 2.67. The van der Waals surface area contributed by atoms with Crippen LogP contribution < -0.4 is 4.90 Å². The van der Waals surface area contributed by atoms with Crippen LogP contribution in [-0.2, 0) is 20.5 Å². The van der Waals surface area contributed by atoms with Gasteiger partial charge in [-0.2, -0.15) is 18.4 Å². The van der Waals surface area contributed by atoms with Gasteiger partial charge in [0.2, 0.25) is 12.3 Å². The summed E-state index contributed by atoms with van der Waals surface area (Å²) >= 11 is 0. The van der Waals surface area contributed by atoms with E-state index >= 15 is 0 Å². The first-order valence-corrected chi connectivity index (χ1v) is 9.48. The number of amides is 2. The molecule has 168 valence electrons. The molecule has 0 aromatic heterocycles. The molecule has 0 bridgehead atoms. The highest BCUT2D eigenvalue weighted by Crippen LogP contribution is 2.34. The number of rotatable bonds is 7. The highest BCUT2D eigenvalue weighted by molar-refractivity contribution is 6.05. The first-order valence-electron chi connectivity index (χ1n) is 9.48. The lowest BCUT2D eigenvalue weighted by molar-refractivity contribution is -0.138. The van der Waals surface area contributed by atoms with Crippen molar-refractivity contribution in [3.05, 3.63) is 29.3 Å². The van der Waals surface area contributed by atoms with Gasteiger partial charge in [-0.05, 0) is 44.4 Å². The summed E-state index contributed by atoms with van der Waals surface area (Å²) in [5.41, 5.74) is -2.37. The third-order valence-electron chi connectivity index (χ3n) is 4.80. The van der Waals surface area contributed by atoms with Gasteiger partial charge in [-0.25, -0.2) is 0 Å². The van der Waals surface area contributed by atoms with Crippen LogP contribution in [0.2, 0.25) is 0 Å². The second kappa shape index (κ2) is 11.7. The smallest absolute Gasteiger partial charge is 0.390 e. The van der Waals surface area contributed by atoms with Gasteiger partial charge in [-0.3, -0.25) is 14.5 Å². The van der Waals surface area contributed by atoms with Crippen LogP contribution in [0.4, 0.5) is 18.9 Å². The van der Waals surface area contributed by atoms with Crippen molar-refractivity contribution in [1.82, 2.24) is 0 Å². The molecule has 1 aromatic rings. The largest absolute Gasteiger partial charge is 0.417 e. The van der Waals surface area contributed by atoms with Crippen molar-refractivity contribution in [2.75, 3.05) is 11.5 Å². The van der Waals surface area contributed by atoms with Crippen molar-refractivity contribution in [3.63, 3.8) is 0 Å². The van der Waals surface area contributed by atoms with Crippen molar-refractivity contribution < 1.29 is 32.6 Å². The molecule has 2 atom stereocenters. The molecule has 0 saturated carbocycles. The van der Waals surface area contributed by atoms with E-state index in [0.717, 1.165) is 25.5 Å². The van der Waals surface area contributed by atoms with Gasteiger partial charge in [0, 0.05) is 13.5 Å². The Morgan fingerprint density at radius 1 is 1.33 bits per heavy atom. The minimum Gasteiger partial charge on any atom is -0.390 e. The first kappa shape index (κ1) is 27.6. The van der Waals surface area contributed by atoms with Gasteiger partial charge in [0.15, 0.2) is 0 Å². The van der Waals surface area contributed by atoms with Crippen LogP contribution in [0.5, 0.6) is 0 Å². The maximum Gasteiger partial charge on any atom is 0.417 e. The molecule has 0 spiro atoms. The molecule has 9 heteroatoms. The Labute approximate surface area is 175 Å². The number of benzene rings is 1. The number of aliphatic hydroxyl groups is 1. The zero-order valence-electron chi connectivity index (χ0n) is 18.1. The molecule has 1 aromatic carbocycles. The number of nitrogens with zero attached hydrogens (tertiary/aromatic N) is 2. The molecule has 0 aliphatic heterocycles. The van der Waals surface area contributed by atoms with Gasteiger partial charge >= 0.3 is 6.18 Å². The molecule has 6 nitrogen and oxygen atoms in total. The van der Waals surface area contributed by atoms with Gasteiger partial charge in [-0.15, -0.1) is 0 Å². The summed E-state index contributed by atoms with van der Waals surface area (Å²) in [7, 11) is 0. The van der Waals surface area contributed by atoms with E-state index in [1.165, 1.54) is 6.07 Å². The predicted octanol–water partition coefficient (Wildman–Crippen LogP) is 4.29. The Bertz CT molecular complexity index is 760. The monoisotopic (exact) mass is 430 g/mol. The number of hydrogen-bond acceptors (Lipinski definition) is 5. The Hall–Kier alpha value is -2.44. The van der Waals surface area contributed by atoms with Crippen LogP contribution in [0.15, 0.2) is 18.2 Å². The number of hydrogen-bond donors (Lipinski definition) is 1. The third-order valence-corrected chi connectivity index (χ3v) is 4.80. The summed E-state index contributed by atoms with van der Waals surface area (Å²) in [5, 5.41) is 18.3. The molecule has 2 amide bonds. The van der Waals surface area contributed by atoms with Gasteiger partial charge in [0.25, 0.3) is 0 Å². The van der Waals surface area contributed by atoms with E-state index in [0.29, 0.717) is 23.5 Å². The Kier molecular flexibility index (Phi) is 10.7. The fourth-order valence-electron chi connectivity index (χ4n) is 2.69. The van der Waals surface area contributed by atoms with Gasteiger partial charge in [0.1, 0.15) is 0 Å². The number of ether oxygens (including phenoxy) is 1. The van der Waals surface area contributed by atoms with Gasteiger partial charge < -0.3 is 9.84 Å². The minimum absolute atomic E-state index is 0.115. The Balaban J connectivity index is 0.000000612. The summed E-state index contributed by atoms with van der Waals surface area (Å²) in [6, 6.07) is 4.01. The molecular formula is C21H29F3N2O4. The van der Waals surface area contributed by atoms with E-state index in [1.807, 2.05) is 20.8 Å². The first-order chi connectivity index (χ1) is 13.8. The minimum atomic E-state index is -4.73. The van der Waals surface area contributed by atoms with Crippen LogP contribution >= 0.6 is 0 Å². The van der Waals surface area contributed by atoms with Gasteiger partial charge in [0.05, 0.1) is 34.6 Å². The lowest BCUT2D eigenvalue weighted by Gasteiger charge is -2.37. The van der Waals surface area contributed by atoms with Crippen LogP contribution in [0.3, 0.4) is 0 Å². The van der Waals surface area contributed by atoms with Crippen molar-refractivity contribution in [2.24, 2.45) is 5.92 Å². The number of carbonyl (C=O) groups is 2. The maximum absolute atomic E-state index is 12.6. The summed E-state index contributed by atoms with van der Waals surface area (Å²) in [5.74, 6) is -0.379. The number of imide groups is 1. The third kappa shape index (κ3) is 7.11. The fraction of sp³-hybridized carbons (Fsp3) is 0.571. The quantitative estimate of drug-likeness (QED) is 0.652. The molecule has 0 heterocycles. The predicted molar refractivity (Wildman–Crippen MR) is 107 cm³/mol. The highest BCUT2D eigenvalue weighted by atomic mass is 19.4. The van der Waals surface area contributed by atoms with E-state index in [-0.39, 0.29) is 23.8 Å². The Morgan fingerprint density at radius 2 is 1.90 bits per heavy atom. The van der Waals surface area contributed by atoms with E-state index in [9.17, 15) is 27.9 Å². The molecule has 0 radical (unpaired) electrons.